The second-order valence-electron chi connectivity index (χ2n) is 13.9. The lowest BCUT2D eigenvalue weighted by atomic mass is 9.97. The third kappa shape index (κ3) is 5.80. The summed E-state index contributed by atoms with van der Waals surface area (Å²) in [5.41, 5.74) is 11.5. The topological polar surface area (TPSA) is 16.4 Å². The van der Waals surface area contributed by atoms with Crippen LogP contribution in [0.1, 0.15) is 9.60 Å². The SMILES string of the molecule is [2H]c1c([2H])c([2H])c2c(sc3c(-c4ccc(N(c5ccc(-c6ccc(-c7ccccc7)cc6)cc5)c5c(-c6ccccc6)ccc6c5oc5ccccc56)cc4)c([2H])c([2H])c([2H])c32)c1[2H]. The van der Waals surface area contributed by atoms with Crippen LogP contribution in [-0.4, -0.2) is 0 Å². The van der Waals surface area contributed by atoms with Crippen molar-refractivity contribution >= 4 is 70.5 Å². The van der Waals surface area contributed by atoms with Crippen molar-refractivity contribution in [2.45, 2.75) is 0 Å². The summed E-state index contributed by atoms with van der Waals surface area (Å²) in [5.74, 6) is 0. The maximum atomic E-state index is 9.15. The lowest BCUT2D eigenvalue weighted by Crippen LogP contribution is -2.11. The van der Waals surface area contributed by atoms with Crippen LogP contribution in [0.25, 0.3) is 86.6 Å². The lowest BCUT2D eigenvalue weighted by Gasteiger charge is -2.28. The maximum absolute atomic E-state index is 9.15. The summed E-state index contributed by atoms with van der Waals surface area (Å²) in [6, 6.07) is 55.8. The molecule has 0 aliphatic rings. The van der Waals surface area contributed by atoms with Crippen molar-refractivity contribution in [2.24, 2.45) is 0 Å². The van der Waals surface area contributed by atoms with Crippen LogP contribution in [0.15, 0.2) is 217 Å². The second-order valence-corrected chi connectivity index (χ2v) is 15.0. The van der Waals surface area contributed by atoms with Crippen molar-refractivity contribution in [3.05, 3.63) is 212 Å². The zero-order valence-corrected chi connectivity index (χ0v) is 31.2. The fourth-order valence-corrected chi connectivity index (χ4v) is 8.94. The first kappa shape index (κ1) is 26.6. The number of hydrogen-bond donors (Lipinski definition) is 0. The number of anilines is 3. The molecule has 2 aromatic heterocycles. The van der Waals surface area contributed by atoms with Gasteiger partial charge >= 0.3 is 0 Å². The van der Waals surface area contributed by atoms with Crippen LogP contribution in [0, 0.1) is 0 Å². The van der Waals surface area contributed by atoms with Gasteiger partial charge in [-0.3, -0.25) is 0 Å². The minimum atomic E-state index is -0.396. The lowest BCUT2D eigenvalue weighted by molar-refractivity contribution is 0.669. The van der Waals surface area contributed by atoms with E-state index in [4.69, 9.17) is 14.0 Å². The fourth-order valence-electron chi connectivity index (χ4n) is 7.85. The summed E-state index contributed by atoms with van der Waals surface area (Å²) < 4.78 is 68.6. The van der Waals surface area contributed by atoms with Crippen LogP contribution in [-0.2, 0) is 0 Å². The molecule has 0 amide bonds. The largest absolute Gasteiger partial charge is 0.454 e. The fraction of sp³-hybridized carbons (Fsp3) is 0. The Morgan fingerprint density at radius 1 is 0.404 bits per heavy atom. The van der Waals surface area contributed by atoms with Gasteiger partial charge in [-0.1, -0.05) is 170 Å². The molecule has 0 N–H and O–H groups in total. The highest BCUT2D eigenvalue weighted by Gasteiger charge is 2.24. The molecule has 57 heavy (non-hydrogen) atoms. The van der Waals surface area contributed by atoms with Crippen molar-refractivity contribution in [3.63, 3.8) is 0 Å². The van der Waals surface area contributed by atoms with Gasteiger partial charge in [-0.15, -0.1) is 11.3 Å². The van der Waals surface area contributed by atoms with E-state index in [2.05, 4.69) is 95.9 Å². The molecule has 11 aromatic rings. The number of furan rings is 1. The van der Waals surface area contributed by atoms with E-state index in [-0.39, 0.29) is 47.0 Å². The molecule has 0 atom stereocenters. The summed E-state index contributed by atoms with van der Waals surface area (Å²) in [6.07, 6.45) is 0. The van der Waals surface area contributed by atoms with Crippen LogP contribution in [0.3, 0.4) is 0 Å². The number of thiophene rings is 1. The predicted molar refractivity (Wildman–Crippen MR) is 243 cm³/mol. The number of rotatable bonds is 7. The van der Waals surface area contributed by atoms with Gasteiger partial charge < -0.3 is 9.32 Å². The first-order valence-corrected chi connectivity index (χ1v) is 19.6. The number of fused-ring (bicyclic) bond motifs is 6. The molecule has 3 heteroatoms. The monoisotopic (exact) mass is 752 g/mol. The van der Waals surface area contributed by atoms with Crippen LogP contribution >= 0.6 is 11.3 Å². The van der Waals surface area contributed by atoms with E-state index in [0.717, 1.165) is 83.7 Å². The van der Waals surface area contributed by atoms with Crippen molar-refractivity contribution in [3.8, 4) is 44.5 Å². The van der Waals surface area contributed by atoms with Gasteiger partial charge in [0.1, 0.15) is 5.58 Å². The van der Waals surface area contributed by atoms with Crippen molar-refractivity contribution in [2.75, 3.05) is 4.90 Å². The summed E-state index contributed by atoms with van der Waals surface area (Å²) in [4.78, 5) is 2.20. The van der Waals surface area contributed by atoms with Gasteiger partial charge in [0, 0.05) is 47.9 Å². The number of nitrogens with zero attached hydrogens (tertiary/aromatic N) is 1. The summed E-state index contributed by atoms with van der Waals surface area (Å²) >= 11 is 1.13. The van der Waals surface area contributed by atoms with Crippen LogP contribution in [0.5, 0.6) is 0 Å². The molecule has 0 spiro atoms. The molecule has 0 aliphatic heterocycles. The number of para-hydroxylation sites is 1. The maximum Gasteiger partial charge on any atom is 0.160 e. The van der Waals surface area contributed by atoms with E-state index in [1.165, 1.54) is 0 Å². The predicted octanol–water partition coefficient (Wildman–Crippen LogP) is 16.1. The molecule has 0 aliphatic carbocycles. The van der Waals surface area contributed by atoms with Crippen LogP contribution in [0.4, 0.5) is 17.1 Å². The zero-order chi connectivity index (χ0) is 43.8. The molecule has 268 valence electrons. The molecule has 11 rings (SSSR count). The second kappa shape index (κ2) is 13.8. The smallest absolute Gasteiger partial charge is 0.160 e. The summed E-state index contributed by atoms with van der Waals surface area (Å²) in [6.45, 7) is 0. The zero-order valence-electron chi connectivity index (χ0n) is 37.4. The van der Waals surface area contributed by atoms with Gasteiger partial charge in [0.05, 0.1) is 15.3 Å². The summed E-state index contributed by atoms with van der Waals surface area (Å²) in [5, 5.41) is 2.44. The van der Waals surface area contributed by atoms with Gasteiger partial charge in [0.2, 0.25) is 0 Å². The Labute approximate surface area is 345 Å². The summed E-state index contributed by atoms with van der Waals surface area (Å²) in [7, 11) is 0. The highest BCUT2D eigenvalue weighted by Crippen LogP contribution is 2.48. The van der Waals surface area contributed by atoms with Crippen molar-refractivity contribution in [1.29, 1.82) is 0 Å². The molecule has 9 aromatic carbocycles. The number of hydrogen-bond acceptors (Lipinski definition) is 3. The van der Waals surface area contributed by atoms with Gasteiger partial charge in [0.25, 0.3) is 0 Å². The van der Waals surface area contributed by atoms with E-state index in [0.29, 0.717) is 20.5 Å². The van der Waals surface area contributed by atoms with E-state index in [1.807, 2.05) is 78.9 Å². The Bertz CT molecular complexity index is 3610. The minimum Gasteiger partial charge on any atom is -0.454 e. The molecule has 0 bridgehead atoms. The van der Waals surface area contributed by atoms with E-state index >= 15 is 0 Å². The van der Waals surface area contributed by atoms with Gasteiger partial charge in [-0.05, 0) is 81.4 Å². The van der Waals surface area contributed by atoms with Crippen LogP contribution in [0.2, 0.25) is 0 Å². The highest BCUT2D eigenvalue weighted by atomic mass is 32.1. The van der Waals surface area contributed by atoms with Gasteiger partial charge in [0.15, 0.2) is 5.58 Å². The standard InChI is InChI=1S/C54H35NOS/c1-3-12-36(13-4-1)37-22-24-38(25-23-37)39-26-30-42(31-27-39)55(43-32-28-41(29-33-43)45-18-11-19-49-47-17-8-10-21-51(47)57-54(45)49)52-44(40-14-5-2-6-15-40)34-35-48-46-16-7-9-20-50(46)56-53(48)52/h1-35H/i8D,10D,11D,17D,18D,19D,21D. The quantitative estimate of drug-likeness (QED) is 0.161. The first-order chi connectivity index (χ1) is 31.2. The van der Waals surface area contributed by atoms with Gasteiger partial charge in [-0.25, -0.2) is 0 Å². The molecular formula is C54H35NOS. The molecule has 2 nitrogen and oxygen atoms in total. The molecule has 0 unspecified atom stereocenters. The first-order valence-electron chi connectivity index (χ1n) is 22.3. The Morgan fingerprint density at radius 3 is 1.65 bits per heavy atom. The Morgan fingerprint density at radius 2 is 0.947 bits per heavy atom. The Kier molecular flexibility index (Phi) is 6.45. The van der Waals surface area contributed by atoms with Gasteiger partial charge in [-0.2, -0.15) is 0 Å². The number of benzene rings is 9. The molecule has 0 saturated carbocycles. The third-order valence-electron chi connectivity index (χ3n) is 10.6. The van der Waals surface area contributed by atoms with Crippen LogP contribution < -0.4 is 4.90 Å². The van der Waals surface area contributed by atoms with E-state index in [9.17, 15) is 0 Å². The molecule has 2 heterocycles. The third-order valence-corrected chi connectivity index (χ3v) is 11.8. The molecule has 0 saturated heterocycles. The molecule has 0 radical (unpaired) electrons. The highest BCUT2D eigenvalue weighted by molar-refractivity contribution is 7.26. The minimum absolute atomic E-state index is 0.144. The Balaban J connectivity index is 1.11. The van der Waals surface area contributed by atoms with Crippen molar-refractivity contribution < 1.29 is 14.0 Å². The van der Waals surface area contributed by atoms with E-state index in [1.54, 1.807) is 0 Å². The molecule has 0 fully saturated rings. The van der Waals surface area contributed by atoms with Crippen molar-refractivity contribution in [1.82, 2.24) is 0 Å². The molecular weight excluding hydrogens is 711 g/mol. The average Bonchev–Trinajstić information content (AvgIpc) is 3.93. The average molecular weight is 753 g/mol. The normalized spacial score (nSPS) is 13.2. The van der Waals surface area contributed by atoms with E-state index < -0.39 is 6.04 Å². The Hall–Kier alpha value is -7.20.